The predicted octanol–water partition coefficient (Wildman–Crippen LogP) is 12.2. The van der Waals surface area contributed by atoms with E-state index in [1.54, 1.807) is 0 Å². The van der Waals surface area contributed by atoms with E-state index in [4.69, 9.17) is 15.0 Å². The fourth-order valence-corrected chi connectivity index (χ4v) is 11.3. The van der Waals surface area contributed by atoms with Gasteiger partial charge in [-0.1, -0.05) is 159 Å². The normalized spacial score (nSPS) is 23.3. The van der Waals surface area contributed by atoms with Gasteiger partial charge in [-0.05, 0) is 74.3 Å². The van der Waals surface area contributed by atoms with Crippen LogP contribution in [0.4, 0.5) is 5.69 Å². The van der Waals surface area contributed by atoms with Gasteiger partial charge in [0.25, 0.3) is 0 Å². The summed E-state index contributed by atoms with van der Waals surface area (Å²) in [6.07, 6.45) is 0.941. The average molecular weight is 712 g/mol. The third kappa shape index (κ3) is 4.72. The molecule has 54 heavy (non-hydrogen) atoms. The number of hydrogen-bond donors (Lipinski definition) is 0. The highest BCUT2D eigenvalue weighted by Crippen LogP contribution is 2.76. The molecule has 4 heteroatoms. The number of nitrogens with zero attached hydrogens (tertiary/aromatic N) is 3. The summed E-state index contributed by atoms with van der Waals surface area (Å²) in [6, 6.07) is 61.6. The van der Waals surface area contributed by atoms with E-state index in [0.717, 1.165) is 34.8 Å². The molecule has 7 aromatic rings. The van der Waals surface area contributed by atoms with Crippen LogP contribution in [0.25, 0.3) is 21.9 Å². The number of benzene rings is 7. The van der Waals surface area contributed by atoms with E-state index in [0.29, 0.717) is 11.2 Å². The van der Waals surface area contributed by atoms with Gasteiger partial charge < -0.3 is 0 Å². The summed E-state index contributed by atoms with van der Waals surface area (Å²) in [7, 11) is 0. The van der Waals surface area contributed by atoms with Crippen molar-refractivity contribution >= 4 is 45.5 Å². The van der Waals surface area contributed by atoms with Crippen LogP contribution >= 0.6 is 11.8 Å². The summed E-state index contributed by atoms with van der Waals surface area (Å²) < 4.78 is 0. The van der Waals surface area contributed by atoms with Crippen LogP contribution in [0.2, 0.25) is 0 Å². The Kier molecular flexibility index (Phi) is 7.25. The molecular weight excluding hydrogens is 675 g/mol. The molecule has 0 aromatic heterocycles. The molecule has 0 bridgehead atoms. The van der Waals surface area contributed by atoms with Crippen molar-refractivity contribution in [2.24, 2.45) is 20.9 Å². The first-order valence-electron chi connectivity index (χ1n) is 19.1. The fraction of sp³-hybridized carbons (Fsp3) is 0.140. The van der Waals surface area contributed by atoms with E-state index in [-0.39, 0.29) is 17.4 Å². The van der Waals surface area contributed by atoms with Gasteiger partial charge in [-0.2, -0.15) is 0 Å². The zero-order valence-electron chi connectivity index (χ0n) is 29.9. The van der Waals surface area contributed by atoms with Gasteiger partial charge in [0.05, 0.1) is 28.6 Å². The lowest BCUT2D eigenvalue weighted by Gasteiger charge is -2.30. The van der Waals surface area contributed by atoms with Crippen LogP contribution < -0.4 is 0 Å². The molecule has 1 saturated carbocycles. The Morgan fingerprint density at radius 1 is 0.611 bits per heavy atom. The van der Waals surface area contributed by atoms with Crippen LogP contribution in [0.1, 0.15) is 58.7 Å². The number of aliphatic imine (C=N–C) groups is 3. The Morgan fingerprint density at radius 2 is 1.31 bits per heavy atom. The minimum absolute atomic E-state index is 0.00421. The molecule has 1 fully saturated rings. The maximum atomic E-state index is 5.60. The molecular formula is C50H37N3S. The van der Waals surface area contributed by atoms with Gasteiger partial charge in [-0.15, -0.1) is 11.8 Å². The maximum absolute atomic E-state index is 5.60. The third-order valence-corrected chi connectivity index (χ3v) is 13.6. The maximum Gasteiger partial charge on any atom is 0.155 e. The number of amidine groups is 1. The first-order chi connectivity index (χ1) is 26.7. The average Bonchev–Trinajstić information content (AvgIpc) is 3.80. The summed E-state index contributed by atoms with van der Waals surface area (Å²) in [5.41, 5.74) is 13.2. The third-order valence-electron chi connectivity index (χ3n) is 12.1. The molecule has 1 aliphatic carbocycles. The first kappa shape index (κ1) is 31.7. The molecule has 3 nitrogen and oxygen atoms in total. The van der Waals surface area contributed by atoms with Crippen molar-refractivity contribution in [2.45, 2.75) is 40.9 Å². The Labute approximate surface area is 320 Å². The largest absolute Gasteiger partial charge is 0.257 e. The van der Waals surface area contributed by atoms with Crippen molar-refractivity contribution in [2.75, 3.05) is 0 Å². The summed E-state index contributed by atoms with van der Waals surface area (Å²) in [4.78, 5) is 17.6. The lowest BCUT2D eigenvalue weighted by atomic mass is 9.79. The van der Waals surface area contributed by atoms with E-state index in [1.165, 1.54) is 54.8 Å². The Morgan fingerprint density at radius 3 is 2.15 bits per heavy atom. The molecule has 7 aromatic carbocycles. The van der Waals surface area contributed by atoms with E-state index in [9.17, 15) is 0 Å². The molecule has 11 rings (SSSR count). The zero-order valence-corrected chi connectivity index (χ0v) is 30.7. The van der Waals surface area contributed by atoms with Crippen molar-refractivity contribution < 1.29 is 0 Å². The highest BCUT2D eigenvalue weighted by Gasteiger charge is 2.74. The molecule has 4 aliphatic rings. The van der Waals surface area contributed by atoms with E-state index in [2.05, 4.69) is 171 Å². The van der Waals surface area contributed by atoms with Gasteiger partial charge in [0.2, 0.25) is 0 Å². The summed E-state index contributed by atoms with van der Waals surface area (Å²) in [6.45, 7) is 2.26. The monoisotopic (exact) mass is 711 g/mol. The van der Waals surface area contributed by atoms with Crippen molar-refractivity contribution in [3.8, 4) is 11.1 Å². The van der Waals surface area contributed by atoms with Crippen molar-refractivity contribution in [3.63, 3.8) is 0 Å². The second kappa shape index (κ2) is 12.4. The number of thioether (sulfide) groups is 1. The smallest absolute Gasteiger partial charge is 0.155 e. The second-order valence-corrected chi connectivity index (χ2v) is 16.1. The molecule has 3 aliphatic heterocycles. The SMILES string of the molecule is CC[C@@H]1C(c2ccc(C3=Nc4ccc(-c5cccc6ccccc56)cc4C4C5Sc6ccccc6C354)cc2)=NC(c2ccccc2)=NC1c1ccccc1. The van der Waals surface area contributed by atoms with Crippen molar-refractivity contribution in [3.05, 3.63) is 203 Å². The molecule has 0 saturated heterocycles. The fourth-order valence-electron chi connectivity index (χ4n) is 9.54. The van der Waals surface area contributed by atoms with Crippen molar-refractivity contribution in [1.82, 2.24) is 0 Å². The lowest BCUT2D eigenvalue weighted by Crippen LogP contribution is -2.29. The summed E-state index contributed by atoms with van der Waals surface area (Å²) in [5, 5.41) is 2.97. The van der Waals surface area contributed by atoms with Gasteiger partial charge in [-0.3, -0.25) is 9.98 Å². The molecule has 1 spiro atoms. The highest BCUT2D eigenvalue weighted by molar-refractivity contribution is 8.00. The van der Waals surface area contributed by atoms with Crippen molar-refractivity contribution in [1.29, 1.82) is 0 Å². The Hall–Kier alpha value is -5.84. The zero-order chi connectivity index (χ0) is 35.8. The summed E-state index contributed by atoms with van der Waals surface area (Å²) >= 11 is 2.04. The van der Waals surface area contributed by atoms with E-state index in [1.807, 2.05) is 17.8 Å². The van der Waals surface area contributed by atoms with Gasteiger partial charge in [0.15, 0.2) is 5.84 Å². The van der Waals surface area contributed by atoms with E-state index >= 15 is 0 Å². The first-order valence-corrected chi connectivity index (χ1v) is 20.0. The second-order valence-electron chi connectivity index (χ2n) is 14.9. The molecule has 4 unspecified atom stereocenters. The molecule has 0 radical (unpaired) electrons. The lowest BCUT2D eigenvalue weighted by molar-refractivity contribution is 0.532. The molecule has 3 heterocycles. The van der Waals surface area contributed by atoms with E-state index < -0.39 is 0 Å². The van der Waals surface area contributed by atoms with Crippen LogP contribution in [0.5, 0.6) is 0 Å². The summed E-state index contributed by atoms with van der Waals surface area (Å²) in [5.74, 6) is 1.33. The Balaban J connectivity index is 1.02. The standard InChI is InChI=1S/C50H37N3S/c1-2-37-45(32-15-5-3-6-16-32)52-49(35-17-7-4-8-18-35)53-46(37)33-24-26-34(27-25-33)47-50-41-22-11-12-23-43(41)54-48(50)44(50)40-30-36(28-29-42(40)51-47)39-21-13-19-31-14-9-10-20-38(31)39/h3-30,37,44-45,48H,2H2,1H3/t37-,44?,45?,48?,50?/m0/s1. The number of hydrogen-bond acceptors (Lipinski definition) is 4. The quantitative estimate of drug-likeness (QED) is 0.169. The van der Waals surface area contributed by atoms with Gasteiger partial charge in [-0.25, -0.2) is 4.99 Å². The minimum Gasteiger partial charge on any atom is -0.257 e. The van der Waals surface area contributed by atoms with Crippen LogP contribution in [0.3, 0.4) is 0 Å². The Bertz CT molecular complexity index is 2690. The van der Waals surface area contributed by atoms with Crippen LogP contribution in [-0.2, 0) is 5.41 Å². The molecule has 0 amide bonds. The topological polar surface area (TPSA) is 37.1 Å². The highest BCUT2D eigenvalue weighted by atomic mass is 32.2. The van der Waals surface area contributed by atoms with Gasteiger partial charge >= 0.3 is 0 Å². The van der Waals surface area contributed by atoms with Crippen LogP contribution in [0, 0.1) is 5.92 Å². The molecule has 258 valence electrons. The minimum atomic E-state index is -0.146. The number of fused-ring (bicyclic) bond motifs is 5. The molecule has 0 N–H and O–H groups in total. The number of rotatable bonds is 6. The van der Waals surface area contributed by atoms with Crippen LogP contribution in [-0.4, -0.2) is 22.5 Å². The van der Waals surface area contributed by atoms with Crippen LogP contribution in [0.15, 0.2) is 190 Å². The predicted molar refractivity (Wildman–Crippen MR) is 225 cm³/mol. The molecule has 5 atom stereocenters. The van der Waals surface area contributed by atoms with Gasteiger partial charge in [0.1, 0.15) is 0 Å². The van der Waals surface area contributed by atoms with Gasteiger partial charge in [0, 0.05) is 27.5 Å².